The molecule has 3 N–H and O–H groups in total. The maximum absolute atomic E-state index is 10.7. The van der Waals surface area contributed by atoms with Gasteiger partial charge in [-0.05, 0) is 55.3 Å². The summed E-state index contributed by atoms with van der Waals surface area (Å²) in [7, 11) is 0. The molecule has 0 saturated carbocycles. The second kappa shape index (κ2) is 20.2. The Morgan fingerprint density at radius 2 is 1.72 bits per heavy atom. The average molecular weight is 347 g/mol. The van der Waals surface area contributed by atoms with Gasteiger partial charge in [-0.15, -0.1) is 0 Å². The van der Waals surface area contributed by atoms with Gasteiger partial charge in [0.1, 0.15) is 6.29 Å². The molecular weight excluding hydrogens is 308 g/mol. The van der Waals surface area contributed by atoms with Crippen LogP contribution in [0.3, 0.4) is 0 Å². The van der Waals surface area contributed by atoms with Gasteiger partial charge in [0.05, 0.1) is 0 Å². The molecule has 25 heavy (non-hydrogen) atoms. The first kappa shape index (κ1) is 25.4. The van der Waals surface area contributed by atoms with Crippen LogP contribution < -0.4 is 11.1 Å². The fourth-order valence-corrected chi connectivity index (χ4v) is 2.14. The van der Waals surface area contributed by atoms with Gasteiger partial charge in [0.15, 0.2) is 0 Å². The van der Waals surface area contributed by atoms with Gasteiger partial charge in [-0.25, -0.2) is 0 Å². The molecule has 3 nitrogen and oxygen atoms in total. The Morgan fingerprint density at radius 1 is 1.04 bits per heavy atom. The van der Waals surface area contributed by atoms with Crippen molar-refractivity contribution in [2.75, 3.05) is 13.1 Å². The molecule has 0 heterocycles. The standard InChI is InChI=1S/C14H17NO.C6H15N.C2H6/c1-3-12-8-13(6-5-7-15-4-2)10-14(9-12)11-16;1-2-3-4-5-6-7;1-2/h3-4,8-11,15H,1-2,5-7H2;2-7H2,1H3;1-2H3. The Balaban J connectivity index is 0. The van der Waals surface area contributed by atoms with Crippen LogP contribution >= 0.6 is 0 Å². The number of nitrogens with one attached hydrogen (secondary N) is 1. The summed E-state index contributed by atoms with van der Waals surface area (Å²) in [5.74, 6) is 0. The number of hydrogen-bond acceptors (Lipinski definition) is 3. The normalized spacial score (nSPS) is 8.96. The number of aryl methyl sites for hydroxylation is 1. The van der Waals surface area contributed by atoms with E-state index in [1.165, 1.54) is 31.2 Å². The Labute approximate surface area is 155 Å². The number of benzene rings is 1. The van der Waals surface area contributed by atoms with E-state index in [9.17, 15) is 4.79 Å². The van der Waals surface area contributed by atoms with Crippen molar-refractivity contribution in [1.82, 2.24) is 5.32 Å². The van der Waals surface area contributed by atoms with Crippen LogP contribution in [0.2, 0.25) is 0 Å². The molecule has 1 rings (SSSR count). The summed E-state index contributed by atoms with van der Waals surface area (Å²) in [6.07, 6.45) is 11.5. The molecule has 0 aliphatic carbocycles. The van der Waals surface area contributed by atoms with Crippen molar-refractivity contribution in [2.45, 2.75) is 59.3 Å². The van der Waals surface area contributed by atoms with Crippen molar-refractivity contribution in [2.24, 2.45) is 5.73 Å². The van der Waals surface area contributed by atoms with E-state index >= 15 is 0 Å². The molecule has 0 atom stereocenters. The summed E-state index contributed by atoms with van der Waals surface area (Å²) in [6, 6.07) is 5.83. The maximum atomic E-state index is 10.7. The first-order valence-electron chi connectivity index (χ1n) is 9.47. The molecule has 0 saturated heterocycles. The monoisotopic (exact) mass is 346 g/mol. The van der Waals surface area contributed by atoms with Crippen molar-refractivity contribution in [3.05, 3.63) is 54.2 Å². The van der Waals surface area contributed by atoms with Gasteiger partial charge in [-0.1, -0.05) is 65.3 Å². The molecule has 0 aliphatic rings. The average Bonchev–Trinajstić information content (AvgIpc) is 2.67. The second-order valence-electron chi connectivity index (χ2n) is 5.44. The van der Waals surface area contributed by atoms with Crippen molar-refractivity contribution in [3.63, 3.8) is 0 Å². The lowest BCUT2D eigenvalue weighted by atomic mass is 10.0. The Bertz CT molecular complexity index is 425. The van der Waals surface area contributed by atoms with Crippen LogP contribution in [-0.4, -0.2) is 19.4 Å². The van der Waals surface area contributed by atoms with E-state index in [1.807, 2.05) is 26.0 Å². The zero-order valence-corrected chi connectivity index (χ0v) is 16.5. The first-order valence-corrected chi connectivity index (χ1v) is 9.47. The number of carbonyl (C=O) groups excluding carboxylic acids is 1. The van der Waals surface area contributed by atoms with E-state index in [-0.39, 0.29) is 0 Å². The molecule has 3 heteroatoms. The molecule has 1 aromatic carbocycles. The summed E-state index contributed by atoms with van der Waals surface area (Å²) in [5, 5.41) is 3.05. The summed E-state index contributed by atoms with van der Waals surface area (Å²) < 4.78 is 0. The lowest BCUT2D eigenvalue weighted by molar-refractivity contribution is 0.112. The van der Waals surface area contributed by atoms with E-state index in [2.05, 4.69) is 31.5 Å². The zero-order chi connectivity index (χ0) is 19.3. The van der Waals surface area contributed by atoms with Crippen molar-refractivity contribution in [1.29, 1.82) is 0 Å². The number of nitrogens with two attached hydrogens (primary N) is 1. The minimum Gasteiger partial charge on any atom is -0.391 e. The van der Waals surface area contributed by atoms with Crippen LogP contribution in [0, 0.1) is 0 Å². The van der Waals surface area contributed by atoms with Gasteiger partial charge in [-0.2, -0.15) is 0 Å². The van der Waals surface area contributed by atoms with Crippen LogP contribution in [0.15, 0.2) is 37.6 Å². The van der Waals surface area contributed by atoms with E-state index in [0.29, 0.717) is 5.56 Å². The number of aldehydes is 1. The molecule has 0 fully saturated rings. The van der Waals surface area contributed by atoms with Crippen LogP contribution in [-0.2, 0) is 6.42 Å². The van der Waals surface area contributed by atoms with Gasteiger partial charge >= 0.3 is 0 Å². The molecular formula is C22H38N2O. The predicted octanol–water partition coefficient (Wildman–Crippen LogP) is 5.36. The highest BCUT2D eigenvalue weighted by Crippen LogP contribution is 2.12. The highest BCUT2D eigenvalue weighted by Gasteiger charge is 1.98. The second-order valence-corrected chi connectivity index (χ2v) is 5.44. The lowest BCUT2D eigenvalue weighted by Gasteiger charge is -2.04. The zero-order valence-electron chi connectivity index (χ0n) is 16.5. The van der Waals surface area contributed by atoms with Crippen LogP contribution in [0.5, 0.6) is 0 Å². The Hall–Kier alpha value is -1.87. The van der Waals surface area contributed by atoms with Gasteiger partial charge in [0, 0.05) is 12.1 Å². The van der Waals surface area contributed by atoms with Crippen LogP contribution in [0.4, 0.5) is 0 Å². The first-order chi connectivity index (χ1) is 12.2. The minimum absolute atomic E-state index is 0.712. The Morgan fingerprint density at radius 3 is 2.24 bits per heavy atom. The summed E-state index contributed by atoms with van der Waals surface area (Å²) >= 11 is 0. The highest BCUT2D eigenvalue weighted by atomic mass is 16.1. The predicted molar refractivity (Wildman–Crippen MR) is 113 cm³/mol. The smallest absolute Gasteiger partial charge is 0.150 e. The summed E-state index contributed by atoms with van der Waals surface area (Å²) in [5.41, 5.74) is 8.15. The number of hydrogen-bond donors (Lipinski definition) is 2. The van der Waals surface area contributed by atoms with Crippen LogP contribution in [0.25, 0.3) is 6.08 Å². The molecule has 142 valence electrons. The topological polar surface area (TPSA) is 55.1 Å². The van der Waals surface area contributed by atoms with Crippen molar-refractivity contribution < 1.29 is 4.79 Å². The number of carbonyl (C=O) groups is 1. The molecule has 0 aromatic heterocycles. The maximum Gasteiger partial charge on any atom is 0.150 e. The highest BCUT2D eigenvalue weighted by molar-refractivity contribution is 5.76. The molecule has 1 aromatic rings. The van der Waals surface area contributed by atoms with Gasteiger partial charge in [-0.3, -0.25) is 4.79 Å². The quantitative estimate of drug-likeness (QED) is 0.419. The lowest BCUT2D eigenvalue weighted by Crippen LogP contribution is -2.07. The molecule has 0 spiro atoms. The van der Waals surface area contributed by atoms with Crippen molar-refractivity contribution in [3.8, 4) is 0 Å². The molecule has 0 bridgehead atoms. The largest absolute Gasteiger partial charge is 0.391 e. The van der Waals surface area contributed by atoms with E-state index in [1.54, 1.807) is 12.3 Å². The van der Waals surface area contributed by atoms with Gasteiger partial charge in [0.2, 0.25) is 0 Å². The molecule has 0 unspecified atom stereocenters. The molecule has 0 radical (unpaired) electrons. The third-order valence-electron chi connectivity index (χ3n) is 3.40. The summed E-state index contributed by atoms with van der Waals surface area (Å²) in [6.45, 7) is 15.3. The molecule has 0 aliphatic heterocycles. The van der Waals surface area contributed by atoms with Gasteiger partial charge in [0.25, 0.3) is 0 Å². The van der Waals surface area contributed by atoms with Crippen molar-refractivity contribution >= 4 is 12.4 Å². The van der Waals surface area contributed by atoms with Crippen LogP contribution in [0.1, 0.15) is 74.4 Å². The fourth-order valence-electron chi connectivity index (χ4n) is 2.14. The number of unbranched alkanes of at least 4 members (excludes halogenated alkanes) is 3. The number of rotatable bonds is 11. The molecule has 0 amide bonds. The third kappa shape index (κ3) is 15.4. The summed E-state index contributed by atoms with van der Waals surface area (Å²) in [4.78, 5) is 10.7. The van der Waals surface area contributed by atoms with E-state index in [0.717, 1.165) is 37.8 Å². The fraction of sp³-hybridized carbons (Fsp3) is 0.500. The SMILES string of the molecule is C=CNCCCc1cc(C=C)cc(C=O)c1.CC.CCCCCCN. The Kier molecular flexibility index (Phi) is 20.5. The third-order valence-corrected chi connectivity index (χ3v) is 3.40. The van der Waals surface area contributed by atoms with Gasteiger partial charge < -0.3 is 11.1 Å². The minimum atomic E-state index is 0.712. The van der Waals surface area contributed by atoms with E-state index in [4.69, 9.17) is 5.73 Å². The van der Waals surface area contributed by atoms with E-state index < -0.39 is 0 Å².